The van der Waals surface area contributed by atoms with E-state index in [2.05, 4.69) is 29.2 Å². The van der Waals surface area contributed by atoms with Gasteiger partial charge in [-0.25, -0.2) is 0 Å². The average Bonchev–Trinajstić information content (AvgIpc) is 2.95. The van der Waals surface area contributed by atoms with Crippen molar-refractivity contribution in [3.05, 3.63) is 71.3 Å². The zero-order valence-electron chi connectivity index (χ0n) is 14.6. The number of hydrogen-bond acceptors (Lipinski definition) is 2. The van der Waals surface area contributed by atoms with E-state index in [9.17, 15) is 4.79 Å². The van der Waals surface area contributed by atoms with E-state index in [0.29, 0.717) is 6.54 Å². The minimum Gasteiger partial charge on any atom is -0.497 e. The summed E-state index contributed by atoms with van der Waals surface area (Å²) >= 11 is 0. The van der Waals surface area contributed by atoms with Crippen LogP contribution in [0.4, 0.5) is 0 Å². The topological polar surface area (TPSA) is 29.5 Å². The van der Waals surface area contributed by atoms with Gasteiger partial charge >= 0.3 is 0 Å². The number of hydrogen-bond donors (Lipinski definition) is 0. The molecule has 3 heteroatoms. The highest BCUT2D eigenvalue weighted by molar-refractivity contribution is 6.23. The standard InChI is InChI=1S/C22H23NO2/c1-25-18-13-11-16(12-14-18)15-23-20-10-6-5-9-19(20)21(22(23)24)17-7-3-2-4-8-17/h2-4,7-8,11-14,20H,5-6,9-10,15H2,1H3. The number of nitrogens with zero attached hydrogens (tertiary/aromatic N) is 1. The predicted octanol–water partition coefficient (Wildman–Crippen LogP) is 4.43. The molecule has 2 aromatic rings. The molecule has 0 aromatic heterocycles. The van der Waals surface area contributed by atoms with Gasteiger partial charge in [-0.1, -0.05) is 48.9 Å². The lowest BCUT2D eigenvalue weighted by molar-refractivity contribution is -0.126. The smallest absolute Gasteiger partial charge is 0.255 e. The second-order valence-corrected chi connectivity index (χ2v) is 6.81. The molecule has 0 saturated heterocycles. The second kappa shape index (κ2) is 6.75. The predicted molar refractivity (Wildman–Crippen MR) is 99.2 cm³/mol. The molecule has 25 heavy (non-hydrogen) atoms. The highest BCUT2D eigenvalue weighted by Gasteiger charge is 2.40. The fourth-order valence-electron chi connectivity index (χ4n) is 4.08. The second-order valence-electron chi connectivity index (χ2n) is 6.81. The molecule has 1 heterocycles. The van der Waals surface area contributed by atoms with Gasteiger partial charge in [0.25, 0.3) is 5.91 Å². The molecule has 2 aliphatic rings. The summed E-state index contributed by atoms with van der Waals surface area (Å²) in [6.07, 6.45) is 4.50. The number of carbonyl (C=O) groups excluding carboxylic acids is 1. The molecule has 1 saturated carbocycles. The lowest BCUT2D eigenvalue weighted by atomic mass is 9.87. The quantitative estimate of drug-likeness (QED) is 0.828. The Bertz CT molecular complexity index is 793. The molecule has 0 radical (unpaired) electrons. The molecule has 3 nitrogen and oxygen atoms in total. The van der Waals surface area contributed by atoms with Gasteiger partial charge in [0.15, 0.2) is 0 Å². The molecule has 4 rings (SSSR count). The highest BCUT2D eigenvalue weighted by atomic mass is 16.5. The molecule has 1 atom stereocenters. The number of methoxy groups -OCH3 is 1. The number of rotatable bonds is 4. The number of fused-ring (bicyclic) bond motifs is 1. The van der Waals surface area contributed by atoms with Gasteiger partial charge in [-0.3, -0.25) is 4.79 Å². The first kappa shape index (κ1) is 15.9. The molecular formula is C22H23NO2. The summed E-state index contributed by atoms with van der Waals surface area (Å²) in [6, 6.07) is 18.4. The van der Waals surface area contributed by atoms with E-state index in [-0.39, 0.29) is 11.9 Å². The number of ether oxygens (including phenoxy) is 1. The molecule has 0 N–H and O–H groups in total. The van der Waals surface area contributed by atoms with Crippen LogP contribution < -0.4 is 4.74 Å². The largest absolute Gasteiger partial charge is 0.497 e. The molecule has 128 valence electrons. The van der Waals surface area contributed by atoms with Gasteiger partial charge in [-0.15, -0.1) is 0 Å². The molecule has 0 bridgehead atoms. The van der Waals surface area contributed by atoms with E-state index in [1.807, 2.05) is 30.3 Å². The third kappa shape index (κ3) is 2.95. The van der Waals surface area contributed by atoms with Crippen molar-refractivity contribution < 1.29 is 9.53 Å². The Hall–Kier alpha value is -2.55. The van der Waals surface area contributed by atoms with Crippen LogP contribution in [-0.4, -0.2) is 24.0 Å². The van der Waals surface area contributed by atoms with E-state index in [1.54, 1.807) is 7.11 Å². The van der Waals surface area contributed by atoms with Crippen LogP contribution in [0.1, 0.15) is 36.8 Å². The number of amides is 1. The summed E-state index contributed by atoms with van der Waals surface area (Å²) in [5.41, 5.74) is 4.50. The summed E-state index contributed by atoms with van der Waals surface area (Å²) in [5, 5.41) is 0. The summed E-state index contributed by atoms with van der Waals surface area (Å²) in [7, 11) is 1.67. The summed E-state index contributed by atoms with van der Waals surface area (Å²) in [4.78, 5) is 15.3. The van der Waals surface area contributed by atoms with Gasteiger partial charge in [-0.2, -0.15) is 0 Å². The Morgan fingerprint density at radius 3 is 2.52 bits per heavy atom. The van der Waals surface area contributed by atoms with Crippen LogP contribution in [0.5, 0.6) is 5.75 Å². The van der Waals surface area contributed by atoms with E-state index in [1.165, 1.54) is 18.4 Å². The minimum atomic E-state index is 0.184. The summed E-state index contributed by atoms with van der Waals surface area (Å²) < 4.78 is 5.23. The van der Waals surface area contributed by atoms with Crippen LogP contribution in [0.25, 0.3) is 5.57 Å². The molecule has 1 fully saturated rings. The van der Waals surface area contributed by atoms with Crippen LogP contribution >= 0.6 is 0 Å². The van der Waals surface area contributed by atoms with Crippen molar-refractivity contribution in [2.75, 3.05) is 7.11 Å². The van der Waals surface area contributed by atoms with Crippen LogP contribution in [0.2, 0.25) is 0 Å². The molecule has 1 aliphatic carbocycles. The molecule has 2 aromatic carbocycles. The minimum absolute atomic E-state index is 0.184. The van der Waals surface area contributed by atoms with Crippen LogP contribution in [0, 0.1) is 0 Å². The van der Waals surface area contributed by atoms with E-state index < -0.39 is 0 Å². The molecule has 1 aliphatic heterocycles. The van der Waals surface area contributed by atoms with Crippen molar-refractivity contribution in [1.29, 1.82) is 0 Å². The first-order valence-corrected chi connectivity index (χ1v) is 9.00. The fourth-order valence-corrected chi connectivity index (χ4v) is 4.08. The van der Waals surface area contributed by atoms with Crippen LogP contribution in [0.3, 0.4) is 0 Å². The average molecular weight is 333 g/mol. The highest BCUT2D eigenvalue weighted by Crippen LogP contribution is 2.41. The van der Waals surface area contributed by atoms with Crippen molar-refractivity contribution in [3.8, 4) is 5.75 Å². The molecule has 0 spiro atoms. The summed E-state index contributed by atoms with van der Waals surface area (Å²) in [5.74, 6) is 1.03. The van der Waals surface area contributed by atoms with Gasteiger partial charge in [-0.05, 0) is 48.1 Å². The van der Waals surface area contributed by atoms with Crippen molar-refractivity contribution in [1.82, 2.24) is 4.90 Å². The maximum Gasteiger partial charge on any atom is 0.255 e. The SMILES string of the molecule is COc1ccc(CN2C(=O)C(c3ccccc3)=C3CCCCC32)cc1. The van der Waals surface area contributed by atoms with Crippen molar-refractivity contribution in [2.24, 2.45) is 0 Å². The van der Waals surface area contributed by atoms with Gasteiger partial charge in [0.1, 0.15) is 5.75 Å². The third-order valence-corrected chi connectivity index (χ3v) is 5.32. The van der Waals surface area contributed by atoms with E-state index in [4.69, 9.17) is 4.74 Å². The maximum absolute atomic E-state index is 13.2. The first-order chi connectivity index (χ1) is 12.3. The lowest BCUT2D eigenvalue weighted by Gasteiger charge is -2.30. The zero-order valence-corrected chi connectivity index (χ0v) is 14.6. The fraction of sp³-hybridized carbons (Fsp3) is 0.318. The van der Waals surface area contributed by atoms with Crippen molar-refractivity contribution in [2.45, 2.75) is 38.3 Å². The van der Waals surface area contributed by atoms with Crippen LogP contribution in [-0.2, 0) is 11.3 Å². The van der Waals surface area contributed by atoms with E-state index in [0.717, 1.165) is 35.3 Å². The molecule has 1 unspecified atom stereocenters. The summed E-state index contributed by atoms with van der Waals surface area (Å²) in [6.45, 7) is 0.660. The van der Waals surface area contributed by atoms with E-state index >= 15 is 0 Å². The van der Waals surface area contributed by atoms with Crippen LogP contribution in [0.15, 0.2) is 60.2 Å². The Labute approximate surface area is 148 Å². The zero-order chi connectivity index (χ0) is 17.2. The monoisotopic (exact) mass is 333 g/mol. The lowest BCUT2D eigenvalue weighted by Crippen LogP contribution is -2.36. The Kier molecular flexibility index (Phi) is 4.31. The van der Waals surface area contributed by atoms with Gasteiger partial charge < -0.3 is 9.64 Å². The number of carbonyl (C=O) groups is 1. The van der Waals surface area contributed by atoms with Gasteiger partial charge in [0.05, 0.1) is 13.2 Å². The normalized spacial score (nSPS) is 20.0. The van der Waals surface area contributed by atoms with Crippen molar-refractivity contribution >= 4 is 11.5 Å². The third-order valence-electron chi connectivity index (χ3n) is 5.32. The Morgan fingerprint density at radius 2 is 1.80 bits per heavy atom. The first-order valence-electron chi connectivity index (χ1n) is 9.00. The Balaban J connectivity index is 1.65. The van der Waals surface area contributed by atoms with Crippen molar-refractivity contribution in [3.63, 3.8) is 0 Å². The Morgan fingerprint density at radius 1 is 1.04 bits per heavy atom. The maximum atomic E-state index is 13.2. The molecular weight excluding hydrogens is 310 g/mol. The number of benzene rings is 2. The molecule has 1 amide bonds. The van der Waals surface area contributed by atoms with Gasteiger partial charge in [0, 0.05) is 12.1 Å². The van der Waals surface area contributed by atoms with Gasteiger partial charge in [0.2, 0.25) is 0 Å².